The van der Waals surface area contributed by atoms with Crippen molar-refractivity contribution in [3.63, 3.8) is 0 Å². The first-order valence-corrected chi connectivity index (χ1v) is 6.07. The summed E-state index contributed by atoms with van der Waals surface area (Å²) in [7, 11) is 0. The summed E-state index contributed by atoms with van der Waals surface area (Å²) in [6, 6.07) is 10.0. The third kappa shape index (κ3) is 5.40. The summed E-state index contributed by atoms with van der Waals surface area (Å²) >= 11 is 0. The number of nitrogens with zero attached hydrogens (tertiary/aromatic N) is 1. The maximum Gasteiger partial charge on any atom is 0.408 e. The molecule has 0 fully saturated rings. The zero-order valence-electron chi connectivity index (χ0n) is 11.3. The summed E-state index contributed by atoms with van der Waals surface area (Å²) in [6.07, 6.45) is -1.49. The Morgan fingerprint density at radius 3 is 2.55 bits per heavy atom. The van der Waals surface area contributed by atoms with Crippen molar-refractivity contribution in [1.82, 2.24) is 5.32 Å². The fraction of sp³-hybridized carbons (Fsp3) is 0.357. The fourth-order valence-corrected chi connectivity index (χ4v) is 1.48. The van der Waals surface area contributed by atoms with Crippen LogP contribution >= 0.6 is 0 Å². The van der Waals surface area contributed by atoms with Gasteiger partial charge in [0, 0.05) is 6.92 Å². The molecule has 0 aliphatic carbocycles. The molecule has 0 saturated heterocycles. The van der Waals surface area contributed by atoms with Gasteiger partial charge >= 0.3 is 12.1 Å². The number of benzene rings is 1. The number of rotatable bonds is 5. The summed E-state index contributed by atoms with van der Waals surface area (Å²) in [5, 5.41) is 11.3. The minimum absolute atomic E-state index is 0.104. The highest BCUT2D eigenvalue weighted by atomic mass is 16.6. The molecule has 1 rings (SSSR count). The second-order valence-corrected chi connectivity index (χ2v) is 4.13. The van der Waals surface area contributed by atoms with E-state index in [1.54, 1.807) is 0 Å². The van der Waals surface area contributed by atoms with Crippen LogP contribution in [0.2, 0.25) is 0 Å². The lowest BCUT2D eigenvalue weighted by atomic mass is 10.2. The number of amides is 1. The zero-order valence-corrected chi connectivity index (χ0v) is 11.3. The molecular weight excluding hydrogens is 260 g/mol. The standard InChI is InChI=1S/C14H16N2O4/c1-10(20-11(2)17)13(8-15)16-14(18)19-9-12-6-4-3-5-7-12/h3-7,10,13H,9H2,1-2H3,(H,16,18). The molecule has 2 unspecified atom stereocenters. The van der Waals surface area contributed by atoms with Crippen molar-refractivity contribution in [1.29, 1.82) is 5.26 Å². The first-order valence-electron chi connectivity index (χ1n) is 6.07. The smallest absolute Gasteiger partial charge is 0.408 e. The van der Waals surface area contributed by atoms with Crippen LogP contribution in [0.4, 0.5) is 4.79 Å². The molecular formula is C14H16N2O4. The number of hydrogen-bond acceptors (Lipinski definition) is 5. The van der Waals surface area contributed by atoms with Gasteiger partial charge in [0.05, 0.1) is 6.07 Å². The summed E-state index contributed by atoms with van der Waals surface area (Å²) in [5.74, 6) is -0.516. The molecule has 0 spiro atoms. The molecule has 1 N–H and O–H groups in total. The minimum Gasteiger partial charge on any atom is -0.460 e. The monoisotopic (exact) mass is 276 g/mol. The molecule has 0 radical (unpaired) electrons. The second kappa shape index (κ2) is 7.79. The quantitative estimate of drug-likeness (QED) is 0.828. The number of ether oxygens (including phenoxy) is 2. The lowest BCUT2D eigenvalue weighted by molar-refractivity contribution is -0.146. The highest BCUT2D eigenvalue weighted by Gasteiger charge is 2.22. The molecule has 0 aliphatic rings. The van der Waals surface area contributed by atoms with E-state index in [0.29, 0.717) is 0 Å². The van der Waals surface area contributed by atoms with Gasteiger partial charge in [-0.25, -0.2) is 4.79 Å². The Bertz CT molecular complexity index is 496. The van der Waals surface area contributed by atoms with Gasteiger partial charge in [0.25, 0.3) is 0 Å². The van der Waals surface area contributed by atoms with E-state index in [0.717, 1.165) is 5.56 Å². The summed E-state index contributed by atoms with van der Waals surface area (Å²) in [6.45, 7) is 2.86. The van der Waals surface area contributed by atoms with E-state index in [1.807, 2.05) is 36.4 Å². The van der Waals surface area contributed by atoms with Crippen molar-refractivity contribution in [2.75, 3.05) is 0 Å². The highest BCUT2D eigenvalue weighted by molar-refractivity contribution is 5.69. The van der Waals surface area contributed by atoms with Crippen LogP contribution < -0.4 is 5.32 Å². The fourth-order valence-electron chi connectivity index (χ4n) is 1.48. The van der Waals surface area contributed by atoms with Gasteiger partial charge in [-0.2, -0.15) is 5.26 Å². The molecule has 106 valence electrons. The largest absolute Gasteiger partial charge is 0.460 e. The van der Waals surface area contributed by atoms with Gasteiger partial charge in [-0.1, -0.05) is 30.3 Å². The molecule has 20 heavy (non-hydrogen) atoms. The molecule has 1 amide bonds. The number of nitriles is 1. The first kappa shape index (κ1) is 15.5. The SMILES string of the molecule is CC(=O)OC(C)C(C#N)NC(=O)OCc1ccccc1. The van der Waals surface area contributed by atoms with Crippen molar-refractivity contribution in [2.24, 2.45) is 0 Å². The Balaban J connectivity index is 2.44. The Morgan fingerprint density at radius 1 is 1.35 bits per heavy atom. The molecule has 6 nitrogen and oxygen atoms in total. The lowest BCUT2D eigenvalue weighted by Gasteiger charge is -2.18. The van der Waals surface area contributed by atoms with Crippen LogP contribution in [0.5, 0.6) is 0 Å². The predicted octanol–water partition coefficient (Wildman–Crippen LogP) is 1.76. The van der Waals surface area contributed by atoms with E-state index in [2.05, 4.69) is 5.32 Å². The van der Waals surface area contributed by atoms with Crippen LogP contribution in [0, 0.1) is 11.3 Å². The number of hydrogen-bond donors (Lipinski definition) is 1. The maximum atomic E-state index is 11.6. The molecule has 6 heteroatoms. The number of nitrogens with one attached hydrogen (secondary N) is 1. The maximum absolute atomic E-state index is 11.6. The number of esters is 1. The van der Waals surface area contributed by atoms with Crippen molar-refractivity contribution >= 4 is 12.1 Å². The van der Waals surface area contributed by atoms with Gasteiger partial charge in [0.2, 0.25) is 0 Å². The average molecular weight is 276 g/mol. The van der Waals surface area contributed by atoms with E-state index < -0.39 is 24.2 Å². The van der Waals surface area contributed by atoms with Crippen molar-refractivity contribution < 1.29 is 19.1 Å². The van der Waals surface area contributed by atoms with Crippen molar-refractivity contribution in [3.05, 3.63) is 35.9 Å². The third-order valence-electron chi connectivity index (χ3n) is 2.45. The van der Waals surface area contributed by atoms with Crippen LogP contribution in [0.1, 0.15) is 19.4 Å². The van der Waals surface area contributed by atoms with E-state index >= 15 is 0 Å². The normalized spacial score (nSPS) is 12.7. The Kier molecular flexibility index (Phi) is 6.04. The third-order valence-corrected chi connectivity index (χ3v) is 2.45. The van der Waals surface area contributed by atoms with Gasteiger partial charge in [-0.3, -0.25) is 4.79 Å². The Hall–Kier alpha value is -2.55. The zero-order chi connectivity index (χ0) is 15.0. The van der Waals surface area contributed by atoms with Gasteiger partial charge in [-0.05, 0) is 12.5 Å². The molecule has 0 bridgehead atoms. The van der Waals surface area contributed by atoms with Crippen LogP contribution in [0.25, 0.3) is 0 Å². The minimum atomic E-state index is -0.956. The van der Waals surface area contributed by atoms with Crippen LogP contribution in [-0.2, 0) is 20.9 Å². The number of carbonyl (C=O) groups is 2. The Labute approximate surface area is 117 Å². The highest BCUT2D eigenvalue weighted by Crippen LogP contribution is 2.02. The second-order valence-electron chi connectivity index (χ2n) is 4.13. The molecule has 0 aliphatic heterocycles. The molecule has 0 heterocycles. The average Bonchev–Trinajstić information content (AvgIpc) is 2.42. The predicted molar refractivity (Wildman–Crippen MR) is 70.4 cm³/mol. The van der Waals surface area contributed by atoms with Crippen LogP contribution in [-0.4, -0.2) is 24.2 Å². The molecule has 0 saturated carbocycles. The lowest BCUT2D eigenvalue weighted by Crippen LogP contribution is -2.43. The summed E-state index contributed by atoms with van der Waals surface area (Å²) in [4.78, 5) is 22.3. The molecule has 0 aromatic heterocycles. The van der Waals surface area contributed by atoms with Crippen molar-refractivity contribution in [3.8, 4) is 6.07 Å². The van der Waals surface area contributed by atoms with Crippen molar-refractivity contribution in [2.45, 2.75) is 32.6 Å². The molecule has 1 aromatic carbocycles. The van der Waals surface area contributed by atoms with Gasteiger partial charge < -0.3 is 14.8 Å². The topological polar surface area (TPSA) is 88.4 Å². The number of carbonyl (C=O) groups excluding carboxylic acids is 2. The Morgan fingerprint density at radius 2 is 2.00 bits per heavy atom. The molecule has 1 aromatic rings. The van der Waals surface area contributed by atoms with Gasteiger partial charge in [0.1, 0.15) is 12.7 Å². The number of alkyl carbamates (subject to hydrolysis) is 1. The first-order chi connectivity index (χ1) is 9.52. The van der Waals surface area contributed by atoms with E-state index in [-0.39, 0.29) is 6.61 Å². The summed E-state index contributed by atoms with van der Waals surface area (Å²) < 4.78 is 9.81. The van der Waals surface area contributed by atoms with E-state index in [9.17, 15) is 9.59 Å². The summed E-state index contributed by atoms with van der Waals surface area (Å²) in [5.41, 5.74) is 0.837. The van der Waals surface area contributed by atoms with E-state index in [4.69, 9.17) is 14.7 Å². The van der Waals surface area contributed by atoms with E-state index in [1.165, 1.54) is 13.8 Å². The van der Waals surface area contributed by atoms with Crippen LogP contribution in [0.3, 0.4) is 0 Å². The van der Waals surface area contributed by atoms with Crippen LogP contribution in [0.15, 0.2) is 30.3 Å². The van der Waals surface area contributed by atoms with Gasteiger partial charge in [-0.15, -0.1) is 0 Å². The molecule has 2 atom stereocenters. The van der Waals surface area contributed by atoms with Gasteiger partial charge in [0.15, 0.2) is 6.04 Å².